The third-order valence-electron chi connectivity index (χ3n) is 1.95. The van der Waals surface area contributed by atoms with E-state index in [1.807, 2.05) is 6.07 Å². The lowest BCUT2D eigenvalue weighted by atomic mass is 10.1. The largest absolute Gasteiger partial charge is 0.471 e. The molecule has 4 heteroatoms. The number of nitrogens with zero attached hydrogens (tertiary/aromatic N) is 2. The van der Waals surface area contributed by atoms with Crippen LogP contribution in [0.15, 0.2) is 30.0 Å². The van der Waals surface area contributed by atoms with Crippen molar-refractivity contribution in [2.24, 2.45) is 0 Å². The van der Waals surface area contributed by atoms with Crippen LogP contribution >= 0.6 is 0 Å². The van der Waals surface area contributed by atoms with E-state index in [1.165, 1.54) is 6.08 Å². The second-order valence-electron chi connectivity index (χ2n) is 3.10. The summed E-state index contributed by atoms with van der Waals surface area (Å²) in [4.78, 5) is 14.5. The predicted octanol–water partition coefficient (Wildman–Crippen LogP) is 2.38. The van der Waals surface area contributed by atoms with Gasteiger partial charge in [0, 0.05) is 0 Å². The van der Waals surface area contributed by atoms with Crippen molar-refractivity contribution in [3.05, 3.63) is 52.5 Å². The molecule has 0 fully saturated rings. The SMILES string of the molecule is [C-]#[N+]C(=Cc1ccc(C#N)cc1)C(=O)OCC. The van der Waals surface area contributed by atoms with E-state index in [0.29, 0.717) is 11.1 Å². The van der Waals surface area contributed by atoms with E-state index in [0.717, 1.165) is 0 Å². The Kier molecular flexibility index (Phi) is 4.47. The molecule has 1 aromatic carbocycles. The van der Waals surface area contributed by atoms with Crippen molar-refractivity contribution in [3.8, 4) is 6.07 Å². The molecular weight excluding hydrogens is 216 g/mol. The lowest BCUT2D eigenvalue weighted by Crippen LogP contribution is -2.04. The van der Waals surface area contributed by atoms with Crippen molar-refractivity contribution >= 4 is 12.0 Å². The van der Waals surface area contributed by atoms with Gasteiger partial charge in [0.05, 0.1) is 24.8 Å². The van der Waals surface area contributed by atoms with E-state index in [9.17, 15) is 4.79 Å². The first-order chi connectivity index (χ1) is 8.21. The maximum atomic E-state index is 11.3. The summed E-state index contributed by atoms with van der Waals surface area (Å²) in [7, 11) is 0. The van der Waals surface area contributed by atoms with Crippen LogP contribution in [0.1, 0.15) is 18.1 Å². The summed E-state index contributed by atoms with van der Waals surface area (Å²) in [5.74, 6) is -0.633. The highest BCUT2D eigenvalue weighted by molar-refractivity contribution is 5.95. The summed E-state index contributed by atoms with van der Waals surface area (Å²) in [6, 6.07) is 8.58. The molecule has 0 aliphatic carbocycles. The van der Waals surface area contributed by atoms with Crippen LogP contribution in [0.4, 0.5) is 0 Å². The number of nitriles is 1. The van der Waals surface area contributed by atoms with E-state index in [-0.39, 0.29) is 12.3 Å². The van der Waals surface area contributed by atoms with Gasteiger partial charge in [-0.05, 0) is 30.7 Å². The van der Waals surface area contributed by atoms with E-state index in [2.05, 4.69) is 4.85 Å². The van der Waals surface area contributed by atoms with Crippen molar-refractivity contribution < 1.29 is 9.53 Å². The van der Waals surface area contributed by atoms with Gasteiger partial charge in [-0.3, -0.25) is 4.79 Å². The molecule has 0 aliphatic rings. The van der Waals surface area contributed by atoms with Crippen LogP contribution < -0.4 is 0 Å². The third-order valence-corrected chi connectivity index (χ3v) is 1.95. The van der Waals surface area contributed by atoms with Crippen molar-refractivity contribution in [1.82, 2.24) is 0 Å². The molecule has 0 heterocycles. The molecule has 0 saturated heterocycles. The number of carbonyl (C=O) groups excluding carboxylic acids is 1. The zero-order valence-corrected chi connectivity index (χ0v) is 9.30. The van der Waals surface area contributed by atoms with Crippen LogP contribution in [-0.4, -0.2) is 12.6 Å². The Morgan fingerprint density at radius 1 is 1.53 bits per heavy atom. The highest BCUT2D eigenvalue weighted by Gasteiger charge is 2.10. The topological polar surface area (TPSA) is 54.5 Å². The third kappa shape index (κ3) is 3.48. The van der Waals surface area contributed by atoms with Crippen LogP contribution in [0.25, 0.3) is 10.9 Å². The molecule has 0 aromatic heterocycles. The summed E-state index contributed by atoms with van der Waals surface area (Å²) >= 11 is 0. The molecular formula is C13H10N2O2. The average molecular weight is 226 g/mol. The van der Waals surface area contributed by atoms with E-state index in [1.54, 1.807) is 31.2 Å². The Labute approximate surface area is 99.6 Å². The van der Waals surface area contributed by atoms with Crippen molar-refractivity contribution in [2.75, 3.05) is 6.61 Å². The molecule has 0 radical (unpaired) electrons. The Balaban J connectivity index is 2.96. The minimum atomic E-state index is -0.633. The van der Waals surface area contributed by atoms with Gasteiger partial charge in [0.15, 0.2) is 0 Å². The molecule has 4 nitrogen and oxygen atoms in total. The van der Waals surface area contributed by atoms with Gasteiger partial charge in [-0.25, -0.2) is 4.85 Å². The Hall–Kier alpha value is -2.59. The molecule has 1 rings (SSSR count). The Morgan fingerprint density at radius 3 is 2.65 bits per heavy atom. The molecule has 0 atom stereocenters. The zero-order valence-electron chi connectivity index (χ0n) is 9.30. The maximum Gasteiger partial charge on any atom is 0.336 e. The summed E-state index contributed by atoms with van der Waals surface area (Å²) in [6.45, 7) is 8.82. The normalized spacial score (nSPS) is 10.2. The fraction of sp³-hybridized carbons (Fsp3) is 0.154. The average Bonchev–Trinajstić information content (AvgIpc) is 2.37. The summed E-state index contributed by atoms with van der Waals surface area (Å²) < 4.78 is 4.74. The molecule has 1 aromatic rings. The summed E-state index contributed by atoms with van der Waals surface area (Å²) in [6.07, 6.45) is 1.44. The monoisotopic (exact) mass is 226 g/mol. The lowest BCUT2D eigenvalue weighted by Gasteiger charge is -1.99. The first kappa shape index (κ1) is 12.5. The van der Waals surface area contributed by atoms with E-state index >= 15 is 0 Å². The van der Waals surface area contributed by atoms with Crippen molar-refractivity contribution in [2.45, 2.75) is 6.92 Å². The van der Waals surface area contributed by atoms with Crippen LogP contribution in [0.5, 0.6) is 0 Å². The van der Waals surface area contributed by atoms with Gasteiger partial charge in [-0.1, -0.05) is 12.1 Å². The lowest BCUT2D eigenvalue weighted by molar-refractivity contribution is -0.138. The van der Waals surface area contributed by atoms with Crippen LogP contribution in [0, 0.1) is 17.9 Å². The molecule has 0 N–H and O–H groups in total. The zero-order chi connectivity index (χ0) is 12.7. The molecule has 0 aliphatic heterocycles. The number of benzene rings is 1. The van der Waals surface area contributed by atoms with Gasteiger partial charge in [0.25, 0.3) is 5.70 Å². The fourth-order valence-electron chi connectivity index (χ4n) is 1.15. The molecule has 0 unspecified atom stereocenters. The van der Waals surface area contributed by atoms with Crippen molar-refractivity contribution in [3.63, 3.8) is 0 Å². The summed E-state index contributed by atoms with van der Waals surface area (Å²) in [5, 5.41) is 8.63. The molecule has 84 valence electrons. The first-order valence-electron chi connectivity index (χ1n) is 4.97. The van der Waals surface area contributed by atoms with Gasteiger partial charge in [0.1, 0.15) is 0 Å². The predicted molar refractivity (Wildman–Crippen MR) is 62.4 cm³/mol. The standard InChI is InChI=1S/C13H10N2O2/c1-3-17-13(16)12(15-2)8-10-4-6-11(9-14)7-5-10/h4-8H,3H2,1H3. The molecule has 0 spiro atoms. The number of ether oxygens (including phenoxy) is 1. The number of hydrogen-bond acceptors (Lipinski definition) is 3. The van der Waals surface area contributed by atoms with Gasteiger partial charge in [-0.2, -0.15) is 5.26 Å². The van der Waals surface area contributed by atoms with Crippen LogP contribution in [0.3, 0.4) is 0 Å². The summed E-state index contributed by atoms with van der Waals surface area (Å²) in [5.41, 5.74) is 1.14. The van der Waals surface area contributed by atoms with Crippen molar-refractivity contribution in [1.29, 1.82) is 5.26 Å². The Morgan fingerprint density at radius 2 is 2.18 bits per heavy atom. The van der Waals surface area contributed by atoms with E-state index < -0.39 is 5.97 Å². The first-order valence-corrected chi connectivity index (χ1v) is 4.97. The highest BCUT2D eigenvalue weighted by Crippen LogP contribution is 2.10. The molecule has 0 bridgehead atoms. The number of carbonyl (C=O) groups is 1. The number of rotatable bonds is 3. The smallest absolute Gasteiger partial charge is 0.336 e. The minimum absolute atomic E-state index is 0.0726. The molecule has 0 amide bonds. The van der Waals surface area contributed by atoms with Gasteiger partial charge < -0.3 is 4.74 Å². The second kappa shape index (κ2) is 6.09. The minimum Gasteiger partial charge on any atom is -0.471 e. The molecule has 17 heavy (non-hydrogen) atoms. The molecule has 0 saturated carbocycles. The van der Waals surface area contributed by atoms with Gasteiger partial charge in [0.2, 0.25) is 0 Å². The second-order valence-corrected chi connectivity index (χ2v) is 3.10. The fourth-order valence-corrected chi connectivity index (χ4v) is 1.15. The van der Waals surface area contributed by atoms with Gasteiger partial charge in [-0.15, -0.1) is 0 Å². The van der Waals surface area contributed by atoms with Crippen LogP contribution in [-0.2, 0) is 9.53 Å². The number of esters is 1. The highest BCUT2D eigenvalue weighted by atomic mass is 16.5. The maximum absolute atomic E-state index is 11.3. The quantitative estimate of drug-likeness (QED) is 0.451. The number of hydrogen-bond donors (Lipinski definition) is 0. The van der Waals surface area contributed by atoms with Crippen LogP contribution in [0.2, 0.25) is 0 Å². The Bertz CT molecular complexity index is 516. The van der Waals surface area contributed by atoms with Gasteiger partial charge >= 0.3 is 5.97 Å². The van der Waals surface area contributed by atoms with E-state index in [4.69, 9.17) is 16.6 Å².